The molecule has 0 atom stereocenters. The number of amides is 1. The molecule has 0 radical (unpaired) electrons. The van der Waals surface area contributed by atoms with Gasteiger partial charge >= 0.3 is 0 Å². The van der Waals surface area contributed by atoms with Crippen LogP contribution in [0.5, 0.6) is 5.75 Å². The summed E-state index contributed by atoms with van der Waals surface area (Å²) in [5, 5.41) is 2.50. The second-order valence-corrected chi connectivity index (χ2v) is 4.14. The molecular weight excluding hydrogens is 280 g/mol. The molecular formula is C15H11F2NO3. The van der Waals surface area contributed by atoms with Crippen molar-refractivity contribution in [3.8, 4) is 5.75 Å². The first-order valence-corrected chi connectivity index (χ1v) is 6.01. The summed E-state index contributed by atoms with van der Waals surface area (Å²) in [4.78, 5) is 22.4. The molecule has 0 bridgehead atoms. The first-order valence-electron chi connectivity index (χ1n) is 6.01. The highest BCUT2D eigenvalue weighted by Gasteiger charge is 2.08. The van der Waals surface area contributed by atoms with E-state index >= 15 is 0 Å². The molecule has 0 saturated heterocycles. The standard InChI is InChI=1S/C15H11F2NO3/c16-11-1-4-13(5-2-11)18-15(20)9-21-14-6-3-12(17)7-10(14)8-19/h1-8H,9H2,(H,18,20). The molecule has 0 saturated carbocycles. The van der Waals surface area contributed by atoms with Crippen molar-refractivity contribution in [2.45, 2.75) is 0 Å². The van der Waals surface area contributed by atoms with Gasteiger partial charge in [0.25, 0.3) is 5.91 Å². The lowest BCUT2D eigenvalue weighted by Gasteiger charge is -2.09. The van der Waals surface area contributed by atoms with Crippen LogP contribution in [0.3, 0.4) is 0 Å². The Kier molecular flexibility index (Phi) is 4.61. The van der Waals surface area contributed by atoms with Gasteiger partial charge in [0, 0.05) is 5.69 Å². The molecule has 1 amide bonds. The lowest BCUT2D eigenvalue weighted by Crippen LogP contribution is -2.20. The topological polar surface area (TPSA) is 55.4 Å². The van der Waals surface area contributed by atoms with Crippen LogP contribution >= 0.6 is 0 Å². The zero-order chi connectivity index (χ0) is 15.2. The van der Waals surface area contributed by atoms with Crippen LogP contribution in [0, 0.1) is 11.6 Å². The molecule has 2 aromatic carbocycles. The van der Waals surface area contributed by atoms with Gasteiger partial charge in [-0.25, -0.2) is 8.78 Å². The van der Waals surface area contributed by atoms with Crippen LogP contribution in [0.15, 0.2) is 42.5 Å². The monoisotopic (exact) mass is 291 g/mol. The lowest BCUT2D eigenvalue weighted by atomic mass is 10.2. The quantitative estimate of drug-likeness (QED) is 0.862. The molecule has 2 aromatic rings. The molecule has 0 aromatic heterocycles. The third kappa shape index (κ3) is 4.10. The molecule has 0 heterocycles. The summed E-state index contributed by atoms with van der Waals surface area (Å²) in [7, 11) is 0. The fourth-order valence-electron chi connectivity index (χ4n) is 1.62. The smallest absolute Gasteiger partial charge is 0.262 e. The van der Waals surface area contributed by atoms with E-state index in [-0.39, 0.29) is 17.9 Å². The molecule has 1 N–H and O–H groups in total. The molecule has 0 aliphatic carbocycles. The van der Waals surface area contributed by atoms with Crippen molar-refractivity contribution in [3.05, 3.63) is 59.7 Å². The van der Waals surface area contributed by atoms with Gasteiger partial charge in [0.1, 0.15) is 17.4 Å². The number of anilines is 1. The fourth-order valence-corrected chi connectivity index (χ4v) is 1.62. The van der Waals surface area contributed by atoms with E-state index in [2.05, 4.69) is 5.32 Å². The Balaban J connectivity index is 1.95. The molecule has 4 nitrogen and oxygen atoms in total. The highest BCUT2D eigenvalue weighted by molar-refractivity contribution is 5.92. The van der Waals surface area contributed by atoms with Gasteiger partial charge < -0.3 is 10.1 Å². The summed E-state index contributed by atoms with van der Waals surface area (Å²) >= 11 is 0. The predicted molar refractivity (Wildman–Crippen MR) is 72.3 cm³/mol. The molecule has 2 rings (SSSR count). The minimum absolute atomic E-state index is 0.0181. The zero-order valence-corrected chi connectivity index (χ0v) is 10.8. The maximum Gasteiger partial charge on any atom is 0.262 e. The Labute approximate surface area is 119 Å². The van der Waals surface area contributed by atoms with Crippen molar-refractivity contribution in [2.24, 2.45) is 0 Å². The number of carbonyl (C=O) groups is 2. The van der Waals surface area contributed by atoms with Crippen molar-refractivity contribution in [2.75, 3.05) is 11.9 Å². The van der Waals surface area contributed by atoms with Gasteiger partial charge in [-0.15, -0.1) is 0 Å². The summed E-state index contributed by atoms with van der Waals surface area (Å²) in [5.74, 6) is -1.35. The number of carbonyl (C=O) groups excluding carboxylic acids is 2. The summed E-state index contributed by atoms with van der Waals surface area (Å²) < 4.78 is 30.8. The Morgan fingerprint density at radius 1 is 1.10 bits per heavy atom. The molecule has 0 unspecified atom stereocenters. The summed E-state index contributed by atoms with van der Waals surface area (Å²) in [6, 6.07) is 8.64. The molecule has 0 fully saturated rings. The highest BCUT2D eigenvalue weighted by Crippen LogP contribution is 2.17. The van der Waals surface area contributed by atoms with Crippen LogP contribution < -0.4 is 10.1 Å². The predicted octanol–water partition coefficient (Wildman–Crippen LogP) is 2.79. The number of halogens is 2. The molecule has 108 valence electrons. The van der Waals surface area contributed by atoms with E-state index in [9.17, 15) is 18.4 Å². The van der Waals surface area contributed by atoms with Gasteiger partial charge in [-0.05, 0) is 42.5 Å². The van der Waals surface area contributed by atoms with E-state index in [4.69, 9.17) is 4.74 Å². The van der Waals surface area contributed by atoms with E-state index in [1.54, 1.807) is 0 Å². The lowest BCUT2D eigenvalue weighted by molar-refractivity contribution is -0.118. The first kappa shape index (κ1) is 14.6. The minimum atomic E-state index is -0.569. The molecule has 0 aliphatic heterocycles. The Morgan fingerprint density at radius 2 is 1.76 bits per heavy atom. The average molecular weight is 291 g/mol. The number of nitrogens with one attached hydrogen (secondary N) is 1. The zero-order valence-electron chi connectivity index (χ0n) is 10.8. The van der Waals surface area contributed by atoms with Crippen molar-refractivity contribution in [1.82, 2.24) is 0 Å². The van der Waals surface area contributed by atoms with E-state index < -0.39 is 17.5 Å². The third-order valence-corrected chi connectivity index (χ3v) is 2.59. The van der Waals surface area contributed by atoms with Gasteiger partial charge in [0.15, 0.2) is 12.9 Å². The molecule has 6 heteroatoms. The van der Waals surface area contributed by atoms with Gasteiger partial charge in [0.2, 0.25) is 0 Å². The molecule has 21 heavy (non-hydrogen) atoms. The number of hydrogen-bond donors (Lipinski definition) is 1. The van der Waals surface area contributed by atoms with E-state index in [1.165, 1.54) is 30.3 Å². The normalized spacial score (nSPS) is 10.0. The molecule has 0 aliphatic rings. The third-order valence-electron chi connectivity index (χ3n) is 2.59. The van der Waals surface area contributed by atoms with Crippen LogP contribution in [0.25, 0.3) is 0 Å². The van der Waals surface area contributed by atoms with Gasteiger partial charge in [-0.3, -0.25) is 9.59 Å². The van der Waals surface area contributed by atoms with Crippen molar-refractivity contribution >= 4 is 17.9 Å². The maximum absolute atomic E-state index is 12.9. The van der Waals surface area contributed by atoms with Crippen molar-refractivity contribution in [3.63, 3.8) is 0 Å². The van der Waals surface area contributed by atoms with Crippen LogP contribution in [-0.4, -0.2) is 18.8 Å². The van der Waals surface area contributed by atoms with E-state index in [1.807, 2.05) is 0 Å². The second-order valence-electron chi connectivity index (χ2n) is 4.14. The largest absolute Gasteiger partial charge is 0.483 e. The van der Waals surface area contributed by atoms with Crippen molar-refractivity contribution < 1.29 is 23.1 Å². The summed E-state index contributed by atoms with van der Waals surface area (Å²) in [6.07, 6.45) is 0.441. The fraction of sp³-hybridized carbons (Fsp3) is 0.0667. The number of rotatable bonds is 5. The Bertz CT molecular complexity index is 656. The number of benzene rings is 2. The van der Waals surface area contributed by atoms with Crippen molar-refractivity contribution in [1.29, 1.82) is 0 Å². The van der Waals surface area contributed by atoms with Crippen LogP contribution in [0.2, 0.25) is 0 Å². The summed E-state index contributed by atoms with van der Waals surface area (Å²) in [6.45, 7) is -0.357. The van der Waals surface area contributed by atoms with Gasteiger partial charge in [0.05, 0.1) is 5.56 Å². The van der Waals surface area contributed by atoms with Gasteiger partial charge in [-0.1, -0.05) is 0 Å². The highest BCUT2D eigenvalue weighted by atomic mass is 19.1. The SMILES string of the molecule is O=Cc1cc(F)ccc1OCC(=O)Nc1ccc(F)cc1. The molecule has 0 spiro atoms. The van der Waals surface area contributed by atoms with Crippen LogP contribution in [-0.2, 0) is 4.79 Å². The summed E-state index contributed by atoms with van der Waals surface area (Å²) in [5.41, 5.74) is 0.435. The van der Waals surface area contributed by atoms with E-state index in [0.29, 0.717) is 12.0 Å². The van der Waals surface area contributed by atoms with Gasteiger partial charge in [-0.2, -0.15) is 0 Å². The average Bonchev–Trinajstić information content (AvgIpc) is 2.48. The number of ether oxygens (including phenoxy) is 1. The number of aldehydes is 1. The maximum atomic E-state index is 12.9. The van der Waals surface area contributed by atoms with Crippen LogP contribution in [0.4, 0.5) is 14.5 Å². The Hall–Kier alpha value is -2.76. The van der Waals surface area contributed by atoms with E-state index in [0.717, 1.165) is 12.1 Å². The first-order chi connectivity index (χ1) is 10.1. The Morgan fingerprint density at radius 3 is 2.43 bits per heavy atom. The number of hydrogen-bond acceptors (Lipinski definition) is 3. The minimum Gasteiger partial charge on any atom is -0.483 e. The van der Waals surface area contributed by atoms with Crippen LogP contribution in [0.1, 0.15) is 10.4 Å². The second kappa shape index (κ2) is 6.60.